The molecule has 0 spiro atoms. The minimum absolute atomic E-state index is 0.00645. The number of aromatic nitrogens is 2. The van der Waals surface area contributed by atoms with E-state index in [0.29, 0.717) is 25.3 Å². The zero-order chi connectivity index (χ0) is 29.5. The second kappa shape index (κ2) is 17.4. The van der Waals surface area contributed by atoms with Crippen molar-refractivity contribution in [2.24, 2.45) is 5.73 Å². The van der Waals surface area contributed by atoms with Gasteiger partial charge in [-0.3, -0.25) is 9.59 Å². The number of fused-ring (bicyclic) bond motifs is 4. The van der Waals surface area contributed by atoms with Crippen molar-refractivity contribution in [3.63, 3.8) is 0 Å². The van der Waals surface area contributed by atoms with Crippen LogP contribution in [-0.2, 0) is 33.8 Å². The Labute approximate surface area is 233 Å². The first-order valence-corrected chi connectivity index (χ1v) is 14.0. The number of hydrogen-bond donors (Lipinski definition) is 1. The summed E-state index contributed by atoms with van der Waals surface area (Å²) in [7, 11) is 3.25. The number of ether oxygens (including phenoxy) is 3. The number of nitrogens with zero attached hydrogens (tertiary/aromatic N) is 2. The fraction of sp³-hybridized carbons (Fsp3) is 0.516. The second-order valence-corrected chi connectivity index (χ2v) is 8.45. The monoisotopic (exact) mass is 541 g/mol. The molecule has 3 heterocycles. The molecule has 2 aromatic heterocycles. The number of nitrogens with two attached hydrogens (primary N) is 1. The maximum atomic E-state index is 13.3. The van der Waals surface area contributed by atoms with Gasteiger partial charge in [-0.2, -0.15) is 0 Å². The Hall–Kier alpha value is -3.23. The van der Waals surface area contributed by atoms with E-state index in [9.17, 15) is 9.59 Å². The van der Waals surface area contributed by atoms with E-state index in [0.717, 1.165) is 52.0 Å². The summed E-state index contributed by atoms with van der Waals surface area (Å²) in [4.78, 5) is 29.8. The number of carbonyl (C=O) groups excluding carboxylic acids is 1. The lowest BCUT2D eigenvalue weighted by molar-refractivity contribution is -0.144. The molecule has 4 rings (SSSR count). The van der Waals surface area contributed by atoms with Crippen LogP contribution in [0.5, 0.6) is 5.75 Å². The van der Waals surface area contributed by atoms with Crippen LogP contribution in [0.2, 0.25) is 0 Å². The molecule has 1 aliphatic heterocycles. The molecule has 8 heteroatoms. The zero-order valence-corrected chi connectivity index (χ0v) is 25.3. The van der Waals surface area contributed by atoms with Crippen molar-refractivity contribution in [1.82, 2.24) is 9.55 Å². The van der Waals surface area contributed by atoms with Crippen LogP contribution in [0.4, 0.5) is 0 Å². The summed E-state index contributed by atoms with van der Waals surface area (Å²) >= 11 is 0. The van der Waals surface area contributed by atoms with Crippen molar-refractivity contribution in [2.75, 3.05) is 27.4 Å². The highest BCUT2D eigenvalue weighted by atomic mass is 16.5. The third-order valence-corrected chi connectivity index (χ3v) is 5.99. The highest BCUT2D eigenvalue weighted by Crippen LogP contribution is 2.37. The summed E-state index contributed by atoms with van der Waals surface area (Å²) in [5, 5.41) is 1.05. The van der Waals surface area contributed by atoms with Gasteiger partial charge >= 0.3 is 5.97 Å². The molecule has 0 unspecified atom stereocenters. The van der Waals surface area contributed by atoms with E-state index < -0.39 is 0 Å². The van der Waals surface area contributed by atoms with E-state index >= 15 is 0 Å². The summed E-state index contributed by atoms with van der Waals surface area (Å²) in [6.07, 6.45) is 1.90. The number of hydrogen-bond acceptors (Lipinski definition) is 7. The zero-order valence-electron chi connectivity index (χ0n) is 25.3. The van der Waals surface area contributed by atoms with Gasteiger partial charge in [-0.25, -0.2) is 4.98 Å². The highest BCUT2D eigenvalue weighted by molar-refractivity contribution is 5.89. The van der Waals surface area contributed by atoms with Crippen LogP contribution < -0.4 is 16.0 Å². The minimum atomic E-state index is -0.316. The first kappa shape index (κ1) is 33.8. The van der Waals surface area contributed by atoms with Crippen LogP contribution in [0.25, 0.3) is 22.3 Å². The minimum Gasteiger partial charge on any atom is -0.494 e. The van der Waals surface area contributed by atoms with Gasteiger partial charge < -0.3 is 24.5 Å². The lowest BCUT2D eigenvalue weighted by Gasteiger charge is -2.12. The normalized spacial score (nSPS) is 10.6. The van der Waals surface area contributed by atoms with E-state index in [2.05, 4.69) is 11.7 Å². The van der Waals surface area contributed by atoms with E-state index in [4.69, 9.17) is 20.2 Å². The summed E-state index contributed by atoms with van der Waals surface area (Å²) in [5.41, 5.74) is 11.5. The smallest absolute Gasteiger partial charge is 0.305 e. The van der Waals surface area contributed by atoms with E-state index in [-0.39, 0.29) is 24.6 Å². The van der Waals surface area contributed by atoms with Crippen LogP contribution in [0.3, 0.4) is 0 Å². The van der Waals surface area contributed by atoms with E-state index in [1.807, 2.05) is 58.9 Å². The van der Waals surface area contributed by atoms with Crippen LogP contribution in [-0.4, -0.2) is 42.9 Å². The molecule has 3 aromatic rings. The van der Waals surface area contributed by atoms with E-state index in [1.165, 1.54) is 5.56 Å². The molecule has 1 aliphatic rings. The number of pyridine rings is 2. The van der Waals surface area contributed by atoms with E-state index in [1.54, 1.807) is 25.7 Å². The highest BCUT2D eigenvalue weighted by Gasteiger charge is 2.27. The van der Waals surface area contributed by atoms with Crippen molar-refractivity contribution < 1.29 is 19.0 Å². The number of esters is 1. The molecule has 0 saturated heterocycles. The van der Waals surface area contributed by atoms with Crippen molar-refractivity contribution in [3.8, 4) is 17.1 Å². The Morgan fingerprint density at radius 1 is 1.08 bits per heavy atom. The quantitative estimate of drug-likeness (QED) is 0.222. The van der Waals surface area contributed by atoms with Crippen LogP contribution in [0, 0.1) is 6.92 Å². The van der Waals surface area contributed by atoms with Gasteiger partial charge in [-0.05, 0) is 61.7 Å². The van der Waals surface area contributed by atoms with Crippen molar-refractivity contribution in [2.45, 2.75) is 80.9 Å². The van der Waals surface area contributed by atoms with Crippen molar-refractivity contribution in [3.05, 3.63) is 56.9 Å². The predicted octanol–water partition coefficient (Wildman–Crippen LogP) is 5.79. The van der Waals surface area contributed by atoms with Gasteiger partial charge in [0.15, 0.2) is 0 Å². The summed E-state index contributed by atoms with van der Waals surface area (Å²) in [6, 6.07) is 7.91. The first-order valence-electron chi connectivity index (χ1n) is 14.0. The summed E-state index contributed by atoms with van der Waals surface area (Å²) in [6.45, 7) is 15.4. The van der Waals surface area contributed by atoms with Gasteiger partial charge in [0.1, 0.15) is 12.4 Å². The molecule has 0 bridgehead atoms. The SMILES string of the molecule is CC.CC.CCC(=O)OCc1c(C)cc2n(c1=O)Cc1c-2nc2ccc(OCCCN)cc2c1CC.COC. The molecule has 8 nitrogen and oxygen atoms in total. The van der Waals surface area contributed by atoms with Crippen LogP contribution >= 0.6 is 0 Å². The molecular weight excluding hydrogens is 494 g/mol. The van der Waals surface area contributed by atoms with Gasteiger partial charge in [0.05, 0.1) is 35.6 Å². The molecule has 39 heavy (non-hydrogen) atoms. The number of carbonyl (C=O) groups is 1. The average Bonchev–Trinajstić information content (AvgIpc) is 3.32. The number of rotatable bonds is 8. The Balaban J connectivity index is 0.000000996. The molecule has 0 radical (unpaired) electrons. The molecule has 2 N–H and O–H groups in total. The maximum absolute atomic E-state index is 13.3. The molecule has 0 atom stereocenters. The molecule has 0 saturated carbocycles. The largest absolute Gasteiger partial charge is 0.494 e. The van der Waals surface area contributed by atoms with Crippen LogP contribution in [0.15, 0.2) is 29.1 Å². The van der Waals surface area contributed by atoms with Gasteiger partial charge in [-0.15, -0.1) is 0 Å². The van der Waals surface area contributed by atoms with Crippen molar-refractivity contribution >= 4 is 16.9 Å². The molecular formula is C31H47N3O5. The van der Waals surface area contributed by atoms with Gasteiger partial charge in [0.2, 0.25) is 0 Å². The molecule has 1 aromatic carbocycles. The predicted molar refractivity (Wildman–Crippen MR) is 160 cm³/mol. The van der Waals surface area contributed by atoms with Gasteiger partial charge in [0.25, 0.3) is 5.56 Å². The lowest BCUT2D eigenvalue weighted by atomic mass is 9.98. The Morgan fingerprint density at radius 2 is 1.74 bits per heavy atom. The second-order valence-electron chi connectivity index (χ2n) is 8.45. The van der Waals surface area contributed by atoms with Crippen molar-refractivity contribution in [1.29, 1.82) is 0 Å². The average molecular weight is 542 g/mol. The molecule has 216 valence electrons. The molecule has 0 amide bonds. The Bertz CT molecular complexity index is 1270. The summed E-state index contributed by atoms with van der Waals surface area (Å²) in [5.74, 6) is 0.481. The lowest BCUT2D eigenvalue weighted by Crippen LogP contribution is -2.25. The summed E-state index contributed by atoms with van der Waals surface area (Å²) < 4.78 is 17.1. The van der Waals surface area contributed by atoms with Crippen LogP contribution in [0.1, 0.15) is 76.6 Å². The maximum Gasteiger partial charge on any atom is 0.305 e. The third kappa shape index (κ3) is 8.13. The third-order valence-electron chi connectivity index (χ3n) is 5.99. The van der Waals surface area contributed by atoms with Gasteiger partial charge in [-0.1, -0.05) is 41.5 Å². The Morgan fingerprint density at radius 3 is 2.33 bits per heavy atom. The molecule has 0 aliphatic carbocycles. The Kier molecular flexibility index (Phi) is 15.1. The standard InChI is InChI=1S/C25H29N3O4.C2H6O.2C2H6/c1-4-17-18-12-16(31-10-6-9-26)7-8-21(18)27-24-19(17)13-28-22(24)11-15(3)20(25(28)30)14-32-23(29)5-2;1-3-2;2*1-2/h7-8,11-12H,4-6,9-10,13-14,26H2,1-3H3;1-2H3;2*1-2H3. The molecule has 0 fully saturated rings. The topological polar surface area (TPSA) is 106 Å². The number of benzene rings is 1. The fourth-order valence-corrected chi connectivity index (χ4v) is 4.25. The first-order chi connectivity index (χ1) is 18.9. The number of aryl methyl sites for hydroxylation is 2. The number of methoxy groups -OCH3 is 1. The fourth-order valence-electron chi connectivity index (χ4n) is 4.25. The van der Waals surface area contributed by atoms with Gasteiger partial charge in [0, 0.05) is 31.6 Å².